The Hall–Kier alpha value is -3.64. The molecule has 3 aromatic carbocycles. The van der Waals surface area contributed by atoms with Gasteiger partial charge in [0.25, 0.3) is 5.91 Å². The summed E-state index contributed by atoms with van der Waals surface area (Å²) >= 11 is 6.25. The quantitative estimate of drug-likeness (QED) is 0.634. The lowest BCUT2D eigenvalue weighted by molar-refractivity contribution is -0.119. The van der Waals surface area contributed by atoms with Crippen molar-refractivity contribution in [1.29, 1.82) is 0 Å². The van der Waals surface area contributed by atoms with E-state index in [0.717, 1.165) is 16.7 Å². The number of nitrogens with zero attached hydrogens (tertiary/aromatic N) is 2. The molecule has 31 heavy (non-hydrogen) atoms. The summed E-state index contributed by atoms with van der Waals surface area (Å²) in [6.07, 6.45) is -1.10. The second kappa shape index (κ2) is 8.62. The summed E-state index contributed by atoms with van der Waals surface area (Å²) in [5.41, 5.74) is 4.37. The van der Waals surface area contributed by atoms with Gasteiger partial charge in [-0.05, 0) is 36.8 Å². The first-order valence-corrected chi connectivity index (χ1v) is 10.2. The molecule has 1 aliphatic heterocycles. The number of carbonyl (C=O) groups excluding carboxylic acids is 2. The van der Waals surface area contributed by atoms with Crippen LogP contribution < -0.4 is 15.5 Å². The van der Waals surface area contributed by atoms with E-state index in [1.54, 1.807) is 31.3 Å². The Labute approximate surface area is 185 Å². The van der Waals surface area contributed by atoms with E-state index in [1.807, 2.05) is 55.5 Å². The maximum atomic E-state index is 13.2. The smallest absolute Gasteiger partial charge is 0.311 e. The Balaban J connectivity index is 1.72. The molecule has 1 unspecified atom stereocenters. The Bertz CT molecular complexity index is 1180. The second-order valence-electron chi connectivity index (χ2n) is 7.22. The van der Waals surface area contributed by atoms with Crippen LogP contribution in [-0.4, -0.2) is 30.9 Å². The van der Waals surface area contributed by atoms with E-state index in [2.05, 4.69) is 15.6 Å². The maximum Gasteiger partial charge on any atom is 0.321 e. The lowest BCUT2D eigenvalue weighted by Gasteiger charge is -2.21. The van der Waals surface area contributed by atoms with Gasteiger partial charge in [-0.1, -0.05) is 60.1 Å². The van der Waals surface area contributed by atoms with Crippen molar-refractivity contribution in [2.75, 3.05) is 17.3 Å². The van der Waals surface area contributed by atoms with Gasteiger partial charge in [-0.15, -0.1) is 0 Å². The van der Waals surface area contributed by atoms with Gasteiger partial charge in [0.15, 0.2) is 0 Å². The highest BCUT2D eigenvalue weighted by Crippen LogP contribution is 2.29. The highest BCUT2D eigenvalue weighted by atomic mass is 35.5. The second-order valence-corrected chi connectivity index (χ2v) is 7.65. The fourth-order valence-electron chi connectivity index (χ4n) is 3.46. The summed E-state index contributed by atoms with van der Waals surface area (Å²) in [6, 6.07) is 21.7. The van der Waals surface area contributed by atoms with Crippen molar-refractivity contribution >= 4 is 40.6 Å². The van der Waals surface area contributed by atoms with Crippen molar-refractivity contribution in [3.8, 4) is 0 Å². The van der Waals surface area contributed by atoms with Gasteiger partial charge in [0.05, 0.1) is 11.4 Å². The number of urea groups is 1. The van der Waals surface area contributed by atoms with Crippen molar-refractivity contribution in [3.05, 3.63) is 94.5 Å². The van der Waals surface area contributed by atoms with Crippen LogP contribution in [0.5, 0.6) is 0 Å². The number of benzodiazepines with no additional fused rings is 1. The molecule has 1 aliphatic rings. The van der Waals surface area contributed by atoms with E-state index in [9.17, 15) is 9.59 Å². The molecular formula is C24H21ClN4O2. The first-order chi connectivity index (χ1) is 14.9. The molecule has 0 saturated carbocycles. The number of nitrogens with one attached hydrogen (secondary N) is 2. The van der Waals surface area contributed by atoms with Crippen LogP contribution in [0.15, 0.2) is 77.8 Å². The number of benzene rings is 3. The predicted octanol–water partition coefficient (Wildman–Crippen LogP) is 4.61. The summed E-state index contributed by atoms with van der Waals surface area (Å²) in [5.74, 6) is -0.352. The summed E-state index contributed by atoms with van der Waals surface area (Å²) < 4.78 is 0. The monoisotopic (exact) mass is 432 g/mol. The van der Waals surface area contributed by atoms with E-state index in [-0.39, 0.29) is 5.91 Å². The molecule has 2 N–H and O–H groups in total. The number of rotatable bonds is 3. The molecule has 4 rings (SSSR count). The minimum Gasteiger partial charge on any atom is -0.311 e. The topological polar surface area (TPSA) is 73.8 Å². The number of halogens is 1. The molecule has 0 aromatic heterocycles. The van der Waals surface area contributed by atoms with Crippen molar-refractivity contribution in [2.24, 2.45) is 4.99 Å². The number of aliphatic imine (C=N–C) groups is 1. The predicted molar refractivity (Wildman–Crippen MR) is 124 cm³/mol. The van der Waals surface area contributed by atoms with Gasteiger partial charge in [0, 0.05) is 28.9 Å². The third-order valence-corrected chi connectivity index (χ3v) is 5.34. The zero-order chi connectivity index (χ0) is 22.0. The number of hydrogen-bond donors (Lipinski definition) is 2. The molecule has 0 spiro atoms. The molecule has 0 saturated heterocycles. The average Bonchev–Trinajstić information content (AvgIpc) is 2.86. The van der Waals surface area contributed by atoms with Crippen molar-refractivity contribution in [3.63, 3.8) is 0 Å². The van der Waals surface area contributed by atoms with Crippen LogP contribution in [0.2, 0.25) is 5.02 Å². The Morgan fingerprint density at radius 3 is 2.48 bits per heavy atom. The van der Waals surface area contributed by atoms with Crippen LogP contribution in [0, 0.1) is 6.92 Å². The molecule has 6 nitrogen and oxygen atoms in total. The lowest BCUT2D eigenvalue weighted by Crippen LogP contribution is -2.47. The van der Waals surface area contributed by atoms with E-state index < -0.39 is 12.2 Å². The van der Waals surface area contributed by atoms with Gasteiger partial charge in [-0.2, -0.15) is 0 Å². The molecular weight excluding hydrogens is 412 g/mol. The third-order valence-electron chi connectivity index (χ3n) is 5.11. The summed E-state index contributed by atoms with van der Waals surface area (Å²) in [5, 5.41) is 6.02. The van der Waals surface area contributed by atoms with Gasteiger partial charge in [0.1, 0.15) is 0 Å². The summed E-state index contributed by atoms with van der Waals surface area (Å²) in [4.78, 5) is 32.0. The van der Waals surface area contributed by atoms with Crippen LogP contribution >= 0.6 is 11.6 Å². The fourth-order valence-corrected chi connectivity index (χ4v) is 3.63. The highest BCUT2D eigenvalue weighted by Gasteiger charge is 2.31. The number of anilines is 2. The average molecular weight is 433 g/mol. The van der Waals surface area contributed by atoms with E-state index in [1.165, 1.54) is 4.90 Å². The van der Waals surface area contributed by atoms with Crippen LogP contribution in [0.3, 0.4) is 0 Å². The van der Waals surface area contributed by atoms with Crippen molar-refractivity contribution in [2.45, 2.75) is 13.1 Å². The van der Waals surface area contributed by atoms with E-state index in [4.69, 9.17) is 11.6 Å². The van der Waals surface area contributed by atoms with Gasteiger partial charge >= 0.3 is 6.03 Å². The van der Waals surface area contributed by atoms with Gasteiger partial charge < -0.3 is 15.5 Å². The zero-order valence-electron chi connectivity index (χ0n) is 17.1. The highest BCUT2D eigenvalue weighted by molar-refractivity contribution is 6.32. The molecule has 3 amide bonds. The lowest BCUT2D eigenvalue weighted by atomic mass is 10.0. The first kappa shape index (κ1) is 20.6. The first-order valence-electron chi connectivity index (χ1n) is 9.78. The zero-order valence-corrected chi connectivity index (χ0v) is 17.9. The molecule has 0 aliphatic carbocycles. The number of aryl methyl sites for hydroxylation is 1. The van der Waals surface area contributed by atoms with Crippen LogP contribution in [-0.2, 0) is 4.79 Å². The Morgan fingerprint density at radius 1 is 1.03 bits per heavy atom. The normalized spacial score (nSPS) is 15.6. The number of para-hydroxylation sites is 1. The largest absolute Gasteiger partial charge is 0.321 e. The number of carbonyl (C=O) groups is 2. The number of likely N-dealkylation sites (N-methyl/N-ethyl adjacent to an activating group) is 1. The molecule has 0 fully saturated rings. The minimum absolute atomic E-state index is 0.352. The molecule has 0 bridgehead atoms. The van der Waals surface area contributed by atoms with Crippen molar-refractivity contribution in [1.82, 2.24) is 5.32 Å². The van der Waals surface area contributed by atoms with Crippen LogP contribution in [0.4, 0.5) is 16.2 Å². The van der Waals surface area contributed by atoms with Crippen LogP contribution in [0.1, 0.15) is 16.7 Å². The van der Waals surface area contributed by atoms with Gasteiger partial charge in [0.2, 0.25) is 6.17 Å². The Morgan fingerprint density at radius 2 is 1.74 bits per heavy atom. The van der Waals surface area contributed by atoms with E-state index in [0.29, 0.717) is 22.1 Å². The molecule has 1 heterocycles. The van der Waals surface area contributed by atoms with Gasteiger partial charge in [-0.3, -0.25) is 4.79 Å². The van der Waals surface area contributed by atoms with Gasteiger partial charge in [-0.25, -0.2) is 9.79 Å². The van der Waals surface area contributed by atoms with Crippen LogP contribution in [0.25, 0.3) is 0 Å². The number of amides is 3. The SMILES string of the molecule is Cc1ccccc1NC(=O)NC1N=C(c2ccccc2)c2cc(Cl)ccc2N(C)C1=O. The van der Waals surface area contributed by atoms with E-state index >= 15 is 0 Å². The Kier molecular flexibility index (Phi) is 5.73. The summed E-state index contributed by atoms with van der Waals surface area (Å²) in [7, 11) is 1.66. The maximum absolute atomic E-state index is 13.2. The number of fused-ring (bicyclic) bond motifs is 1. The van der Waals surface area contributed by atoms with Crippen molar-refractivity contribution < 1.29 is 9.59 Å². The molecule has 0 radical (unpaired) electrons. The number of hydrogen-bond acceptors (Lipinski definition) is 3. The molecule has 3 aromatic rings. The molecule has 1 atom stereocenters. The fraction of sp³-hybridized carbons (Fsp3) is 0.125. The molecule has 7 heteroatoms. The molecule has 156 valence electrons. The third kappa shape index (κ3) is 4.29. The summed E-state index contributed by atoms with van der Waals surface area (Å²) in [6.45, 7) is 1.90. The minimum atomic E-state index is -1.10. The standard InChI is InChI=1S/C24H21ClN4O2/c1-15-8-6-7-11-19(15)26-24(31)28-22-23(30)29(2)20-13-12-17(25)14-18(20)21(27-22)16-9-4-3-5-10-16/h3-14,22H,1-2H3,(H2,26,28,31).